The van der Waals surface area contributed by atoms with Crippen LogP contribution in [-0.4, -0.2) is 37.9 Å². The summed E-state index contributed by atoms with van der Waals surface area (Å²) in [4.78, 5) is 24.8. The van der Waals surface area contributed by atoms with Crippen LogP contribution in [-0.2, 0) is 4.79 Å². The molecule has 3 aromatic carbocycles. The molecule has 10 heteroatoms. The van der Waals surface area contributed by atoms with Crippen LogP contribution in [0.15, 0.2) is 65.8 Å². The Morgan fingerprint density at radius 1 is 1.00 bits per heavy atom. The minimum atomic E-state index is -0.861. The number of carbonyl (C=O) groups excluding carboxylic acids is 2. The van der Waals surface area contributed by atoms with E-state index in [9.17, 15) is 9.59 Å². The van der Waals surface area contributed by atoms with E-state index < -0.39 is 18.0 Å². The van der Waals surface area contributed by atoms with Crippen LogP contribution >= 0.6 is 23.2 Å². The average molecular weight is 531 g/mol. The minimum Gasteiger partial charge on any atom is -0.494 e. The molecule has 0 aromatic heterocycles. The van der Waals surface area contributed by atoms with Crippen LogP contribution in [0.4, 0.5) is 0 Å². The van der Waals surface area contributed by atoms with Crippen molar-refractivity contribution in [2.24, 2.45) is 5.10 Å². The zero-order chi connectivity index (χ0) is 26.1. The van der Waals surface area contributed by atoms with Gasteiger partial charge in [0.25, 0.3) is 5.91 Å². The first-order valence-corrected chi connectivity index (χ1v) is 11.6. The van der Waals surface area contributed by atoms with Crippen molar-refractivity contribution in [2.45, 2.75) is 20.0 Å². The third-order valence-electron chi connectivity index (χ3n) is 4.75. The van der Waals surface area contributed by atoms with Crippen LogP contribution in [0.25, 0.3) is 0 Å². The van der Waals surface area contributed by atoms with Gasteiger partial charge in [-0.2, -0.15) is 5.10 Å². The molecule has 0 saturated carbocycles. The number of nitrogens with one attached hydrogen (secondary N) is 1. The summed E-state index contributed by atoms with van der Waals surface area (Å²) in [6.45, 7) is 3.97. The summed E-state index contributed by atoms with van der Waals surface area (Å²) in [5, 5.41) is 4.70. The third kappa shape index (κ3) is 7.37. The molecule has 0 unspecified atom stereocenters. The van der Waals surface area contributed by atoms with Crippen LogP contribution in [0.5, 0.6) is 23.0 Å². The van der Waals surface area contributed by atoms with Crippen LogP contribution < -0.4 is 24.4 Å². The van der Waals surface area contributed by atoms with Crippen molar-refractivity contribution in [2.75, 3.05) is 13.7 Å². The normalized spacial score (nSPS) is 11.6. The fraction of sp³-hybridized carbons (Fsp3) is 0.192. The zero-order valence-electron chi connectivity index (χ0n) is 19.8. The standard InChI is InChI=1S/C26H24Cl2N2O6/c1-4-34-20-9-6-18(7-10-20)26(32)36-23-11-5-17(13-24(23)33-3)15-29-30-25(31)16(2)35-22-12-8-19(27)14-21(22)28/h5-16H,4H2,1-3H3,(H,30,31)/b29-15-/t16-/m1/s1. The van der Waals surface area contributed by atoms with Gasteiger partial charge in [-0.25, -0.2) is 10.2 Å². The lowest BCUT2D eigenvalue weighted by Crippen LogP contribution is -2.33. The van der Waals surface area contributed by atoms with E-state index in [0.717, 1.165) is 0 Å². The Labute approximate surface area is 218 Å². The summed E-state index contributed by atoms with van der Waals surface area (Å²) < 4.78 is 21.7. The highest BCUT2D eigenvalue weighted by molar-refractivity contribution is 6.35. The van der Waals surface area contributed by atoms with Crippen LogP contribution in [0.3, 0.4) is 0 Å². The maximum Gasteiger partial charge on any atom is 0.343 e. The molecule has 3 aromatic rings. The van der Waals surface area contributed by atoms with E-state index in [1.807, 2.05) is 6.92 Å². The molecular formula is C26H24Cl2N2O6. The number of hydrogen-bond acceptors (Lipinski definition) is 7. The highest BCUT2D eigenvalue weighted by Gasteiger charge is 2.16. The van der Waals surface area contributed by atoms with E-state index in [1.54, 1.807) is 61.5 Å². The van der Waals surface area contributed by atoms with Crippen molar-refractivity contribution in [3.63, 3.8) is 0 Å². The van der Waals surface area contributed by atoms with Gasteiger partial charge < -0.3 is 18.9 Å². The average Bonchev–Trinajstić information content (AvgIpc) is 2.87. The maximum absolute atomic E-state index is 12.5. The highest BCUT2D eigenvalue weighted by Crippen LogP contribution is 2.29. The van der Waals surface area contributed by atoms with Gasteiger partial charge in [0.2, 0.25) is 0 Å². The second-order valence-electron chi connectivity index (χ2n) is 7.33. The molecule has 0 heterocycles. The Bertz CT molecular complexity index is 1250. The van der Waals surface area contributed by atoms with E-state index in [4.69, 9.17) is 42.1 Å². The molecule has 1 N–H and O–H groups in total. The fourth-order valence-electron chi connectivity index (χ4n) is 2.94. The van der Waals surface area contributed by atoms with Crippen molar-refractivity contribution < 1.29 is 28.5 Å². The third-order valence-corrected chi connectivity index (χ3v) is 5.28. The van der Waals surface area contributed by atoms with Gasteiger partial charge in [-0.15, -0.1) is 0 Å². The van der Waals surface area contributed by atoms with Gasteiger partial charge in [-0.3, -0.25) is 4.79 Å². The smallest absolute Gasteiger partial charge is 0.343 e. The maximum atomic E-state index is 12.5. The molecule has 0 saturated heterocycles. The molecule has 0 aliphatic heterocycles. The van der Waals surface area contributed by atoms with Crippen LogP contribution in [0.2, 0.25) is 10.0 Å². The molecule has 0 radical (unpaired) electrons. The number of amides is 1. The first kappa shape index (κ1) is 26.8. The first-order valence-electron chi connectivity index (χ1n) is 10.9. The summed E-state index contributed by atoms with van der Waals surface area (Å²) >= 11 is 11.9. The number of rotatable bonds is 10. The van der Waals surface area contributed by atoms with Crippen molar-refractivity contribution in [3.05, 3.63) is 81.8 Å². The predicted molar refractivity (Wildman–Crippen MR) is 138 cm³/mol. The molecule has 1 atom stereocenters. The zero-order valence-corrected chi connectivity index (χ0v) is 21.3. The van der Waals surface area contributed by atoms with Crippen molar-refractivity contribution in [1.82, 2.24) is 5.43 Å². The molecule has 0 aliphatic rings. The number of nitrogens with zero attached hydrogens (tertiary/aromatic N) is 1. The SMILES string of the molecule is CCOc1ccc(C(=O)Oc2ccc(/C=N\NC(=O)[C@@H](C)Oc3ccc(Cl)cc3Cl)cc2OC)cc1. The molecule has 1 amide bonds. The Hall–Kier alpha value is -3.75. The number of ether oxygens (including phenoxy) is 4. The van der Waals surface area contributed by atoms with E-state index in [-0.39, 0.29) is 5.75 Å². The number of hydrazone groups is 1. The molecular weight excluding hydrogens is 507 g/mol. The number of carbonyl (C=O) groups is 2. The molecule has 36 heavy (non-hydrogen) atoms. The number of hydrogen-bond donors (Lipinski definition) is 1. The quantitative estimate of drug-likeness (QED) is 0.160. The lowest BCUT2D eigenvalue weighted by Gasteiger charge is -2.14. The molecule has 3 rings (SSSR count). The molecule has 0 bridgehead atoms. The summed E-state index contributed by atoms with van der Waals surface area (Å²) in [5.74, 6) is 0.521. The summed E-state index contributed by atoms with van der Waals surface area (Å²) in [5.41, 5.74) is 3.37. The van der Waals surface area contributed by atoms with Gasteiger partial charge in [0, 0.05) is 5.02 Å². The van der Waals surface area contributed by atoms with Crippen LogP contribution in [0.1, 0.15) is 29.8 Å². The van der Waals surface area contributed by atoms with Gasteiger partial charge >= 0.3 is 5.97 Å². The van der Waals surface area contributed by atoms with Gasteiger partial charge in [0.15, 0.2) is 17.6 Å². The molecule has 188 valence electrons. The Morgan fingerprint density at radius 3 is 2.39 bits per heavy atom. The monoisotopic (exact) mass is 530 g/mol. The molecule has 0 aliphatic carbocycles. The first-order chi connectivity index (χ1) is 17.3. The van der Waals surface area contributed by atoms with Crippen molar-refractivity contribution in [3.8, 4) is 23.0 Å². The Morgan fingerprint density at radius 2 is 1.72 bits per heavy atom. The summed E-state index contributed by atoms with van der Waals surface area (Å²) in [6.07, 6.45) is 0.556. The molecule has 0 fully saturated rings. The summed E-state index contributed by atoms with van der Waals surface area (Å²) in [7, 11) is 1.45. The fourth-order valence-corrected chi connectivity index (χ4v) is 3.39. The lowest BCUT2D eigenvalue weighted by atomic mass is 10.2. The van der Waals surface area contributed by atoms with Gasteiger partial charge in [0.1, 0.15) is 11.5 Å². The van der Waals surface area contributed by atoms with Crippen molar-refractivity contribution >= 4 is 41.3 Å². The summed E-state index contributed by atoms with van der Waals surface area (Å²) in [6, 6.07) is 16.2. The second-order valence-corrected chi connectivity index (χ2v) is 8.17. The van der Waals surface area contributed by atoms with E-state index in [0.29, 0.717) is 45.0 Å². The number of methoxy groups -OCH3 is 1. The minimum absolute atomic E-state index is 0.236. The number of benzene rings is 3. The highest BCUT2D eigenvalue weighted by atomic mass is 35.5. The second kappa shape index (κ2) is 12.8. The number of esters is 1. The predicted octanol–water partition coefficient (Wildman–Crippen LogP) is 5.54. The Balaban J connectivity index is 1.59. The van der Waals surface area contributed by atoms with Gasteiger partial charge in [0.05, 0.1) is 30.5 Å². The van der Waals surface area contributed by atoms with E-state index in [2.05, 4.69) is 10.5 Å². The van der Waals surface area contributed by atoms with Gasteiger partial charge in [-0.05, 0) is 80.1 Å². The lowest BCUT2D eigenvalue weighted by molar-refractivity contribution is -0.127. The van der Waals surface area contributed by atoms with E-state index >= 15 is 0 Å². The molecule has 8 nitrogen and oxygen atoms in total. The van der Waals surface area contributed by atoms with Gasteiger partial charge in [-0.1, -0.05) is 23.2 Å². The van der Waals surface area contributed by atoms with E-state index in [1.165, 1.54) is 19.4 Å². The van der Waals surface area contributed by atoms with Crippen LogP contribution in [0, 0.1) is 0 Å². The Kier molecular flexibility index (Phi) is 9.55. The number of halogens is 2. The molecule has 0 spiro atoms. The topological polar surface area (TPSA) is 95.5 Å². The van der Waals surface area contributed by atoms with Crippen molar-refractivity contribution in [1.29, 1.82) is 0 Å². The largest absolute Gasteiger partial charge is 0.494 e.